The Morgan fingerprint density at radius 3 is 2.59 bits per heavy atom. The van der Waals surface area contributed by atoms with Crippen molar-refractivity contribution in [2.45, 2.75) is 44.7 Å². The Hall–Kier alpha value is -1.17. The van der Waals surface area contributed by atoms with Crippen molar-refractivity contribution in [1.29, 1.82) is 0 Å². The first-order valence-corrected chi connectivity index (χ1v) is 5.76. The molecule has 1 saturated heterocycles. The molecule has 4 unspecified atom stereocenters. The first-order valence-electron chi connectivity index (χ1n) is 5.76. The molecule has 1 fully saturated rings. The number of H-pyrrole nitrogens is 1. The van der Waals surface area contributed by atoms with Gasteiger partial charge >= 0.3 is 0 Å². The van der Waals surface area contributed by atoms with Gasteiger partial charge in [-0.15, -0.1) is 0 Å². The van der Waals surface area contributed by atoms with Gasteiger partial charge in [0.25, 0.3) is 0 Å². The Labute approximate surface area is 99.1 Å². The van der Waals surface area contributed by atoms with Gasteiger partial charge in [-0.2, -0.15) is 0 Å². The number of hydrogen-bond acceptors (Lipinski definition) is 4. The zero-order valence-corrected chi connectivity index (χ0v) is 9.88. The van der Waals surface area contributed by atoms with E-state index in [1.807, 2.05) is 6.92 Å². The zero-order valence-electron chi connectivity index (χ0n) is 9.88. The number of aromatic nitrogens is 1. The van der Waals surface area contributed by atoms with Gasteiger partial charge in [0.05, 0.1) is 6.10 Å². The molecule has 1 aromatic rings. The van der Waals surface area contributed by atoms with Gasteiger partial charge in [-0.3, -0.25) is 4.79 Å². The molecule has 0 saturated carbocycles. The molecule has 3 N–H and O–H groups in total. The van der Waals surface area contributed by atoms with Crippen LogP contribution < -0.4 is 5.56 Å². The van der Waals surface area contributed by atoms with Gasteiger partial charge in [0.15, 0.2) is 0 Å². The second kappa shape index (κ2) is 4.60. The largest absolute Gasteiger partial charge is 0.388 e. The van der Waals surface area contributed by atoms with Gasteiger partial charge in [-0.05, 0) is 19.4 Å². The highest BCUT2D eigenvalue weighted by atomic mass is 16.5. The Kier molecular flexibility index (Phi) is 3.33. The lowest BCUT2D eigenvalue weighted by Crippen LogP contribution is -2.30. The monoisotopic (exact) mass is 239 g/mol. The number of aryl methyl sites for hydroxylation is 1. The topological polar surface area (TPSA) is 82.6 Å². The van der Waals surface area contributed by atoms with Crippen molar-refractivity contribution in [3.05, 3.63) is 33.7 Å². The minimum Gasteiger partial charge on any atom is -0.388 e. The highest BCUT2D eigenvalue weighted by Crippen LogP contribution is 2.35. The molecule has 1 aliphatic heterocycles. The SMILES string of the molecule is CCC1OC(c2ccc(=O)[nH]c2C)C(O)C1O. The lowest BCUT2D eigenvalue weighted by atomic mass is 10.00. The number of nitrogens with one attached hydrogen (secondary N) is 1. The quantitative estimate of drug-likeness (QED) is 0.691. The summed E-state index contributed by atoms with van der Waals surface area (Å²) >= 11 is 0. The highest BCUT2D eigenvalue weighted by molar-refractivity contribution is 5.24. The zero-order chi connectivity index (χ0) is 12.6. The van der Waals surface area contributed by atoms with E-state index < -0.39 is 18.3 Å². The lowest BCUT2D eigenvalue weighted by molar-refractivity contribution is 0.00508. The molecule has 1 aromatic heterocycles. The predicted octanol–water partition coefficient (Wildman–Crippen LogP) is 0.255. The van der Waals surface area contributed by atoms with Gasteiger partial charge in [-0.25, -0.2) is 0 Å². The minimum atomic E-state index is -0.954. The number of ether oxygens (including phenoxy) is 1. The van der Waals surface area contributed by atoms with E-state index >= 15 is 0 Å². The Bertz CT molecular complexity index is 456. The van der Waals surface area contributed by atoms with Gasteiger partial charge in [0, 0.05) is 17.3 Å². The fourth-order valence-corrected chi connectivity index (χ4v) is 2.24. The average molecular weight is 239 g/mol. The number of pyridine rings is 1. The average Bonchev–Trinajstić information content (AvgIpc) is 2.57. The van der Waals surface area contributed by atoms with Crippen molar-refractivity contribution in [2.24, 2.45) is 0 Å². The molecule has 0 bridgehead atoms. The van der Waals surface area contributed by atoms with E-state index in [1.165, 1.54) is 6.07 Å². The molecular weight excluding hydrogens is 222 g/mol. The summed E-state index contributed by atoms with van der Waals surface area (Å²) in [7, 11) is 0. The first-order chi connectivity index (χ1) is 8.04. The molecular formula is C12H17NO4. The van der Waals surface area contributed by atoms with Crippen LogP contribution >= 0.6 is 0 Å². The maximum absolute atomic E-state index is 11.1. The molecule has 0 spiro atoms. The van der Waals surface area contributed by atoms with Crippen molar-refractivity contribution < 1.29 is 14.9 Å². The van der Waals surface area contributed by atoms with E-state index in [0.29, 0.717) is 17.7 Å². The third-order valence-corrected chi connectivity index (χ3v) is 3.23. The first kappa shape index (κ1) is 12.3. The molecule has 5 nitrogen and oxygen atoms in total. The van der Waals surface area contributed by atoms with E-state index in [-0.39, 0.29) is 11.7 Å². The fourth-order valence-electron chi connectivity index (χ4n) is 2.24. The summed E-state index contributed by atoms with van der Waals surface area (Å²) in [5, 5.41) is 19.7. The molecule has 2 rings (SSSR count). The van der Waals surface area contributed by atoms with Crippen molar-refractivity contribution in [3.8, 4) is 0 Å². The van der Waals surface area contributed by atoms with Crippen molar-refractivity contribution in [2.75, 3.05) is 0 Å². The van der Waals surface area contributed by atoms with Crippen LogP contribution in [0.2, 0.25) is 0 Å². The van der Waals surface area contributed by atoms with Crippen LogP contribution in [0.3, 0.4) is 0 Å². The van der Waals surface area contributed by atoms with Crippen LogP contribution in [-0.2, 0) is 4.74 Å². The van der Waals surface area contributed by atoms with Gasteiger partial charge in [-0.1, -0.05) is 6.92 Å². The summed E-state index contributed by atoms with van der Waals surface area (Å²) in [4.78, 5) is 13.8. The maximum Gasteiger partial charge on any atom is 0.248 e. The van der Waals surface area contributed by atoms with E-state index in [2.05, 4.69) is 4.98 Å². The normalized spacial score (nSPS) is 32.9. The van der Waals surface area contributed by atoms with Crippen LogP contribution in [0, 0.1) is 6.92 Å². The van der Waals surface area contributed by atoms with Crippen molar-refractivity contribution >= 4 is 0 Å². The molecule has 0 aliphatic carbocycles. The molecule has 1 aliphatic rings. The van der Waals surface area contributed by atoms with Crippen molar-refractivity contribution in [1.82, 2.24) is 4.98 Å². The van der Waals surface area contributed by atoms with Gasteiger partial charge in [0.1, 0.15) is 18.3 Å². The van der Waals surface area contributed by atoms with E-state index in [1.54, 1.807) is 13.0 Å². The number of hydrogen-bond donors (Lipinski definition) is 3. The Morgan fingerprint density at radius 2 is 2.06 bits per heavy atom. The molecule has 0 radical (unpaired) electrons. The van der Waals surface area contributed by atoms with E-state index in [9.17, 15) is 15.0 Å². The molecule has 17 heavy (non-hydrogen) atoms. The fraction of sp³-hybridized carbons (Fsp3) is 0.583. The summed E-state index contributed by atoms with van der Waals surface area (Å²) in [5.41, 5.74) is 1.18. The van der Waals surface area contributed by atoms with Crippen LogP contribution in [0.5, 0.6) is 0 Å². The summed E-state index contributed by atoms with van der Waals surface area (Å²) < 4.78 is 5.62. The summed E-state index contributed by atoms with van der Waals surface area (Å²) in [5.74, 6) is 0. The highest BCUT2D eigenvalue weighted by Gasteiger charge is 2.42. The van der Waals surface area contributed by atoms with Crippen LogP contribution in [0.4, 0.5) is 0 Å². The summed E-state index contributed by atoms with van der Waals surface area (Å²) in [6, 6.07) is 3.02. The van der Waals surface area contributed by atoms with Crippen LogP contribution in [0.15, 0.2) is 16.9 Å². The minimum absolute atomic E-state index is 0.189. The maximum atomic E-state index is 11.1. The number of aliphatic hydroxyl groups excluding tert-OH is 2. The number of aliphatic hydroxyl groups is 2. The van der Waals surface area contributed by atoms with Crippen LogP contribution in [0.1, 0.15) is 30.7 Å². The molecule has 4 atom stereocenters. The van der Waals surface area contributed by atoms with Gasteiger partial charge in [0.2, 0.25) is 5.56 Å². The third-order valence-electron chi connectivity index (χ3n) is 3.23. The Balaban J connectivity index is 2.32. The van der Waals surface area contributed by atoms with Gasteiger partial charge < -0.3 is 19.9 Å². The Morgan fingerprint density at radius 1 is 1.35 bits per heavy atom. The third kappa shape index (κ3) is 2.13. The molecule has 94 valence electrons. The van der Waals surface area contributed by atoms with E-state index in [0.717, 1.165) is 0 Å². The summed E-state index contributed by atoms with van der Waals surface area (Å²) in [6.45, 7) is 3.64. The standard InChI is InChI=1S/C12H17NO4/c1-3-8-10(15)11(16)12(17-8)7-4-5-9(14)13-6(7)2/h4-5,8,10-12,15-16H,3H2,1-2H3,(H,13,14). The van der Waals surface area contributed by atoms with E-state index in [4.69, 9.17) is 4.74 Å². The molecule has 5 heteroatoms. The predicted molar refractivity (Wildman–Crippen MR) is 61.7 cm³/mol. The van der Waals surface area contributed by atoms with Crippen LogP contribution in [0.25, 0.3) is 0 Å². The molecule has 0 aromatic carbocycles. The second-order valence-electron chi connectivity index (χ2n) is 4.39. The molecule has 2 heterocycles. The number of aromatic amines is 1. The second-order valence-corrected chi connectivity index (χ2v) is 4.39. The smallest absolute Gasteiger partial charge is 0.248 e. The number of rotatable bonds is 2. The van der Waals surface area contributed by atoms with Crippen molar-refractivity contribution in [3.63, 3.8) is 0 Å². The van der Waals surface area contributed by atoms with Crippen LogP contribution in [-0.4, -0.2) is 33.5 Å². The summed E-state index contributed by atoms with van der Waals surface area (Å²) in [6.07, 6.45) is -2.13. The molecule has 0 amide bonds. The lowest BCUT2D eigenvalue weighted by Gasteiger charge is -2.16.